The molecular weight excluding hydrogens is 416 g/mol. The van der Waals surface area contributed by atoms with Gasteiger partial charge in [0, 0.05) is 23.6 Å². The minimum atomic E-state index is -0.839. The molecule has 8 heteroatoms. The molecule has 3 saturated heterocycles. The largest absolute Gasteiger partial charge is 0.332 e. The molecule has 0 N–H and O–H groups in total. The van der Waals surface area contributed by atoms with Crippen molar-refractivity contribution >= 4 is 34.3 Å². The Morgan fingerprint density at radius 2 is 1.66 bits per heavy atom. The zero-order chi connectivity index (χ0) is 22.1. The summed E-state index contributed by atoms with van der Waals surface area (Å²) in [4.78, 5) is 44.0. The van der Waals surface area contributed by atoms with Gasteiger partial charge in [-0.15, -0.1) is 0 Å². The van der Waals surface area contributed by atoms with Crippen molar-refractivity contribution in [2.75, 3.05) is 11.4 Å². The van der Waals surface area contributed by atoms with Gasteiger partial charge in [-0.05, 0) is 30.0 Å². The number of rotatable bonds is 2. The molecule has 0 radical (unpaired) electrons. The molecule has 6 nitrogen and oxygen atoms in total. The summed E-state index contributed by atoms with van der Waals surface area (Å²) in [6, 6.07) is 13.6. The maximum Gasteiger partial charge on any atom is 0.332 e. The number of imide groups is 1. The van der Waals surface area contributed by atoms with Crippen molar-refractivity contribution in [3.05, 3.63) is 77.9 Å². The van der Waals surface area contributed by atoms with E-state index in [-0.39, 0.29) is 24.1 Å². The fourth-order valence-corrected chi connectivity index (χ4v) is 5.36. The van der Waals surface area contributed by atoms with E-state index in [1.165, 1.54) is 9.80 Å². The normalized spacial score (nSPS) is 24.1. The summed E-state index contributed by atoms with van der Waals surface area (Å²) >= 11 is 0. The monoisotopic (exact) mass is 433 g/mol. The predicted molar refractivity (Wildman–Crippen MR) is 112 cm³/mol. The maximum absolute atomic E-state index is 13.6. The summed E-state index contributed by atoms with van der Waals surface area (Å²) in [6.45, 7) is 0.223. The second kappa shape index (κ2) is 6.59. The molecule has 0 spiro atoms. The third-order valence-electron chi connectivity index (χ3n) is 6.64. The Morgan fingerprint density at radius 1 is 0.938 bits per heavy atom. The molecule has 0 aromatic heterocycles. The Hall–Kier alpha value is -3.81. The summed E-state index contributed by atoms with van der Waals surface area (Å²) in [5.74, 6) is -2.61. The van der Waals surface area contributed by atoms with Gasteiger partial charge in [0.05, 0.1) is 17.8 Å². The van der Waals surface area contributed by atoms with Gasteiger partial charge in [0.15, 0.2) is 0 Å². The smallest absolute Gasteiger partial charge is 0.331 e. The van der Waals surface area contributed by atoms with Crippen LogP contribution in [0.4, 0.5) is 19.3 Å². The van der Waals surface area contributed by atoms with Gasteiger partial charge in [0.25, 0.3) is 11.8 Å². The van der Waals surface area contributed by atoms with Crippen molar-refractivity contribution < 1.29 is 23.2 Å². The highest BCUT2D eigenvalue weighted by atomic mass is 19.1. The molecule has 3 fully saturated rings. The molecule has 6 rings (SSSR count). The van der Waals surface area contributed by atoms with Gasteiger partial charge >= 0.3 is 6.03 Å². The van der Waals surface area contributed by atoms with Crippen LogP contribution >= 0.6 is 0 Å². The molecule has 1 unspecified atom stereocenters. The van der Waals surface area contributed by atoms with Gasteiger partial charge in [0.1, 0.15) is 17.7 Å². The third-order valence-corrected chi connectivity index (χ3v) is 6.64. The molecule has 3 aromatic rings. The van der Waals surface area contributed by atoms with Crippen molar-refractivity contribution in [2.24, 2.45) is 0 Å². The average molecular weight is 433 g/mol. The lowest BCUT2D eigenvalue weighted by Crippen LogP contribution is -2.54. The number of anilines is 1. The van der Waals surface area contributed by atoms with E-state index in [9.17, 15) is 23.2 Å². The van der Waals surface area contributed by atoms with Gasteiger partial charge in [-0.1, -0.05) is 36.4 Å². The summed E-state index contributed by atoms with van der Waals surface area (Å²) in [5.41, 5.74) is 0.404. The van der Waals surface area contributed by atoms with Crippen LogP contribution in [0.5, 0.6) is 0 Å². The zero-order valence-electron chi connectivity index (χ0n) is 16.7. The van der Waals surface area contributed by atoms with Crippen LogP contribution in [-0.4, -0.2) is 52.3 Å². The molecule has 3 aliphatic heterocycles. The van der Waals surface area contributed by atoms with Crippen molar-refractivity contribution in [1.29, 1.82) is 0 Å². The third kappa shape index (κ3) is 2.52. The van der Waals surface area contributed by atoms with E-state index < -0.39 is 35.7 Å². The predicted octanol–water partition coefficient (Wildman–Crippen LogP) is 3.55. The molecule has 0 aliphatic carbocycles. The van der Waals surface area contributed by atoms with E-state index in [0.29, 0.717) is 18.2 Å². The Labute approximate surface area is 181 Å². The van der Waals surface area contributed by atoms with Gasteiger partial charge in [-0.25, -0.2) is 18.5 Å². The zero-order valence-corrected chi connectivity index (χ0v) is 16.7. The van der Waals surface area contributed by atoms with Crippen LogP contribution in [0.1, 0.15) is 16.8 Å². The first-order chi connectivity index (χ1) is 15.4. The fraction of sp³-hybridized carbons (Fsp3) is 0.208. The van der Waals surface area contributed by atoms with E-state index in [1.807, 2.05) is 30.3 Å². The number of urea groups is 1. The highest BCUT2D eigenvalue weighted by molar-refractivity contribution is 6.25. The van der Waals surface area contributed by atoms with Crippen LogP contribution < -0.4 is 4.90 Å². The standard InChI is InChI=1S/C24H17F2N3O3/c25-15-8-14(9-16(26)10-15)22(30)27-12-17-11-20(27)21-23(31)29(24(32)28(17)21)19-7-3-5-13-4-1-2-6-18(13)19/h1-10,17,20-21H,11-12H2/t17-,20?,21-/m1/s1. The SMILES string of the molecule is O=C1[C@H]2C3C[C@H](CN3C(=O)c3cc(F)cc(F)c3)N2C(=O)N1c1cccc2ccccc12. The number of halogens is 2. The van der Waals surface area contributed by atoms with Gasteiger partial charge in [0.2, 0.25) is 0 Å². The number of likely N-dealkylation sites (tertiary alicyclic amines) is 1. The van der Waals surface area contributed by atoms with Crippen molar-refractivity contribution in [1.82, 2.24) is 9.80 Å². The second-order valence-electron chi connectivity index (χ2n) is 8.38. The molecular formula is C24H17F2N3O3. The van der Waals surface area contributed by atoms with Crippen LogP contribution in [0, 0.1) is 11.6 Å². The molecule has 3 atom stereocenters. The minimum Gasteiger partial charge on any atom is -0.331 e. The topological polar surface area (TPSA) is 60.9 Å². The van der Waals surface area contributed by atoms with Crippen LogP contribution in [0.2, 0.25) is 0 Å². The number of piperazine rings is 1. The van der Waals surface area contributed by atoms with Gasteiger partial charge < -0.3 is 9.80 Å². The van der Waals surface area contributed by atoms with Crippen molar-refractivity contribution in [3.8, 4) is 0 Å². The van der Waals surface area contributed by atoms with E-state index >= 15 is 0 Å². The number of nitrogens with zero attached hydrogens (tertiary/aromatic N) is 3. The first kappa shape index (κ1) is 18.9. The highest BCUT2D eigenvalue weighted by Crippen LogP contribution is 2.43. The van der Waals surface area contributed by atoms with E-state index in [2.05, 4.69) is 0 Å². The molecule has 3 aromatic carbocycles. The van der Waals surface area contributed by atoms with Gasteiger partial charge in [-0.3, -0.25) is 9.59 Å². The van der Waals surface area contributed by atoms with Crippen LogP contribution in [0.3, 0.4) is 0 Å². The summed E-state index contributed by atoms with van der Waals surface area (Å²) in [6.07, 6.45) is 0.467. The second-order valence-corrected chi connectivity index (χ2v) is 8.38. The minimum absolute atomic E-state index is 0.107. The molecule has 3 aliphatic rings. The van der Waals surface area contributed by atoms with E-state index in [0.717, 1.165) is 22.9 Å². The lowest BCUT2D eigenvalue weighted by Gasteiger charge is -2.34. The summed E-state index contributed by atoms with van der Waals surface area (Å²) in [5, 5.41) is 1.69. The highest BCUT2D eigenvalue weighted by Gasteiger charge is 2.63. The Morgan fingerprint density at radius 3 is 2.44 bits per heavy atom. The van der Waals surface area contributed by atoms with Crippen molar-refractivity contribution in [3.63, 3.8) is 0 Å². The summed E-state index contributed by atoms with van der Waals surface area (Å²) < 4.78 is 27.3. The molecule has 160 valence electrons. The molecule has 32 heavy (non-hydrogen) atoms. The Bertz CT molecular complexity index is 1300. The molecule has 2 bridgehead atoms. The number of hydrogen-bond acceptors (Lipinski definition) is 3. The number of carbonyl (C=O) groups is 3. The summed E-state index contributed by atoms with van der Waals surface area (Å²) in [7, 11) is 0. The average Bonchev–Trinajstić information content (AvgIpc) is 3.44. The number of fused-ring (bicyclic) bond motifs is 6. The molecule has 0 saturated carbocycles. The Kier molecular flexibility index (Phi) is 3.90. The maximum atomic E-state index is 13.6. The van der Waals surface area contributed by atoms with Gasteiger partial charge in [-0.2, -0.15) is 0 Å². The molecule has 4 amide bonds. The quantitative estimate of drug-likeness (QED) is 0.581. The Balaban J connectivity index is 1.35. The van der Waals surface area contributed by atoms with Crippen molar-refractivity contribution in [2.45, 2.75) is 24.5 Å². The lowest BCUT2D eigenvalue weighted by molar-refractivity contribution is -0.121. The van der Waals surface area contributed by atoms with Crippen LogP contribution in [-0.2, 0) is 4.79 Å². The number of amides is 4. The number of carbonyl (C=O) groups excluding carboxylic acids is 3. The van der Waals surface area contributed by atoms with E-state index in [1.54, 1.807) is 17.0 Å². The van der Waals surface area contributed by atoms with E-state index in [4.69, 9.17) is 0 Å². The lowest BCUT2D eigenvalue weighted by atomic mass is 10.1. The fourth-order valence-electron chi connectivity index (χ4n) is 5.36. The van der Waals surface area contributed by atoms with Crippen LogP contribution in [0.15, 0.2) is 60.7 Å². The molecule has 3 heterocycles. The van der Waals surface area contributed by atoms with Crippen LogP contribution in [0.25, 0.3) is 10.8 Å². The first-order valence-electron chi connectivity index (χ1n) is 10.3. The first-order valence-corrected chi connectivity index (χ1v) is 10.3. The number of benzene rings is 3. The number of hydrogen-bond donors (Lipinski definition) is 0.